The molecular weight excluding hydrogens is 176 g/mol. The van der Waals surface area contributed by atoms with Crippen LogP contribution in [-0.2, 0) is 0 Å². The van der Waals surface area contributed by atoms with E-state index in [2.05, 4.69) is 9.98 Å². The molecule has 2 aliphatic rings. The third-order valence-electron chi connectivity index (χ3n) is 2.27. The lowest BCUT2D eigenvalue weighted by atomic mass is 10.0. The van der Waals surface area contributed by atoms with Crippen molar-refractivity contribution in [2.45, 2.75) is 0 Å². The van der Waals surface area contributed by atoms with Crippen LogP contribution >= 0.6 is 0 Å². The zero-order chi connectivity index (χ0) is 9.38. The SMILES string of the molecule is C1=NCN=C2C1=COc1ccccc12. The van der Waals surface area contributed by atoms with Crippen molar-refractivity contribution in [2.75, 3.05) is 6.67 Å². The van der Waals surface area contributed by atoms with Gasteiger partial charge >= 0.3 is 0 Å². The largest absolute Gasteiger partial charge is 0.464 e. The Morgan fingerprint density at radius 1 is 1.21 bits per heavy atom. The number of nitrogens with zero attached hydrogens (tertiary/aromatic N) is 2. The Hall–Kier alpha value is -1.90. The summed E-state index contributed by atoms with van der Waals surface area (Å²) in [4.78, 5) is 8.44. The molecule has 0 N–H and O–H groups in total. The Labute approximate surface area is 81.5 Å². The molecule has 68 valence electrons. The quantitative estimate of drug-likeness (QED) is 0.605. The number of para-hydroxylation sites is 1. The zero-order valence-electron chi connectivity index (χ0n) is 7.47. The molecule has 0 amide bonds. The lowest BCUT2D eigenvalue weighted by molar-refractivity contribution is 0.475. The summed E-state index contributed by atoms with van der Waals surface area (Å²) < 4.78 is 5.46. The van der Waals surface area contributed by atoms with Crippen molar-refractivity contribution < 1.29 is 4.74 Å². The third-order valence-corrected chi connectivity index (χ3v) is 2.27. The van der Waals surface area contributed by atoms with Gasteiger partial charge in [0.15, 0.2) is 0 Å². The molecule has 0 atom stereocenters. The van der Waals surface area contributed by atoms with Gasteiger partial charge in [0.25, 0.3) is 0 Å². The molecule has 0 aliphatic carbocycles. The molecule has 0 aromatic heterocycles. The average molecular weight is 184 g/mol. The number of allylic oxidation sites excluding steroid dienone is 1. The van der Waals surface area contributed by atoms with Gasteiger partial charge in [-0.25, -0.2) is 0 Å². The highest BCUT2D eigenvalue weighted by atomic mass is 16.5. The first kappa shape index (κ1) is 7.50. The van der Waals surface area contributed by atoms with E-state index in [1.807, 2.05) is 24.3 Å². The fourth-order valence-corrected chi connectivity index (χ4v) is 1.62. The zero-order valence-corrected chi connectivity index (χ0v) is 7.47. The number of hydrogen-bond acceptors (Lipinski definition) is 3. The molecule has 0 fully saturated rings. The molecule has 3 heteroatoms. The van der Waals surface area contributed by atoms with Gasteiger partial charge in [-0.3, -0.25) is 9.98 Å². The lowest BCUT2D eigenvalue weighted by Crippen LogP contribution is -2.16. The highest BCUT2D eigenvalue weighted by Crippen LogP contribution is 2.26. The molecule has 1 aromatic carbocycles. The normalized spacial score (nSPS) is 17.4. The van der Waals surface area contributed by atoms with Gasteiger partial charge in [-0.1, -0.05) is 12.1 Å². The Bertz CT molecular complexity index is 472. The molecule has 0 unspecified atom stereocenters. The molecule has 14 heavy (non-hydrogen) atoms. The molecule has 2 heterocycles. The van der Waals surface area contributed by atoms with Gasteiger partial charge in [-0.2, -0.15) is 0 Å². The molecule has 0 saturated carbocycles. The van der Waals surface area contributed by atoms with Gasteiger partial charge < -0.3 is 4.74 Å². The van der Waals surface area contributed by atoms with E-state index in [9.17, 15) is 0 Å². The summed E-state index contributed by atoms with van der Waals surface area (Å²) in [6, 6.07) is 7.89. The van der Waals surface area contributed by atoms with E-state index in [0.29, 0.717) is 6.67 Å². The first-order valence-electron chi connectivity index (χ1n) is 4.46. The summed E-state index contributed by atoms with van der Waals surface area (Å²) in [5.74, 6) is 0.866. The van der Waals surface area contributed by atoms with Gasteiger partial charge in [-0.05, 0) is 12.1 Å². The van der Waals surface area contributed by atoms with Crippen LogP contribution in [0.4, 0.5) is 0 Å². The minimum atomic E-state index is 0.515. The fraction of sp³-hybridized carbons (Fsp3) is 0.0909. The van der Waals surface area contributed by atoms with Crippen molar-refractivity contribution in [1.82, 2.24) is 0 Å². The number of hydrogen-bond donors (Lipinski definition) is 0. The minimum Gasteiger partial charge on any atom is -0.464 e. The maximum absolute atomic E-state index is 5.46. The van der Waals surface area contributed by atoms with E-state index in [4.69, 9.17) is 4.74 Å². The maximum atomic E-state index is 5.46. The summed E-state index contributed by atoms with van der Waals surface area (Å²) in [5, 5.41) is 0. The van der Waals surface area contributed by atoms with Crippen LogP contribution in [0.1, 0.15) is 5.56 Å². The topological polar surface area (TPSA) is 34.0 Å². The van der Waals surface area contributed by atoms with Gasteiger partial charge in [0.1, 0.15) is 18.7 Å². The summed E-state index contributed by atoms with van der Waals surface area (Å²) in [6.07, 6.45) is 3.50. The molecule has 2 aliphatic heterocycles. The van der Waals surface area contributed by atoms with Crippen LogP contribution in [0.3, 0.4) is 0 Å². The molecule has 3 nitrogen and oxygen atoms in total. The predicted molar refractivity (Wildman–Crippen MR) is 55.0 cm³/mol. The predicted octanol–water partition coefficient (Wildman–Crippen LogP) is 1.79. The van der Waals surface area contributed by atoms with Gasteiger partial charge in [0, 0.05) is 11.8 Å². The molecular formula is C11H8N2O. The fourth-order valence-electron chi connectivity index (χ4n) is 1.62. The highest BCUT2D eigenvalue weighted by Gasteiger charge is 2.19. The first-order chi connectivity index (χ1) is 6.95. The van der Waals surface area contributed by atoms with Gasteiger partial charge in [-0.15, -0.1) is 0 Å². The van der Waals surface area contributed by atoms with E-state index in [0.717, 1.165) is 22.6 Å². The monoisotopic (exact) mass is 184 g/mol. The molecule has 0 radical (unpaired) electrons. The number of rotatable bonds is 0. The Balaban J connectivity index is 2.20. The standard InChI is InChI=1S/C11H8N2O/c1-2-4-10-9(3-1)11-8(6-14-10)5-12-7-13-11/h1-6H,7H2. The first-order valence-corrected chi connectivity index (χ1v) is 4.46. The Kier molecular flexibility index (Phi) is 1.50. The molecule has 1 aromatic rings. The molecule has 3 rings (SSSR count). The second-order valence-electron chi connectivity index (χ2n) is 3.15. The number of aliphatic imine (C=N–C) groups is 2. The number of fused-ring (bicyclic) bond motifs is 3. The van der Waals surface area contributed by atoms with Crippen molar-refractivity contribution in [3.63, 3.8) is 0 Å². The second kappa shape index (κ2) is 2.80. The Morgan fingerprint density at radius 2 is 2.14 bits per heavy atom. The third kappa shape index (κ3) is 0.988. The van der Waals surface area contributed by atoms with Crippen molar-refractivity contribution in [1.29, 1.82) is 0 Å². The van der Waals surface area contributed by atoms with E-state index in [1.54, 1.807) is 12.5 Å². The summed E-state index contributed by atoms with van der Waals surface area (Å²) in [7, 11) is 0. The van der Waals surface area contributed by atoms with Crippen molar-refractivity contribution in [3.8, 4) is 5.75 Å². The van der Waals surface area contributed by atoms with E-state index in [-0.39, 0.29) is 0 Å². The minimum absolute atomic E-state index is 0.515. The van der Waals surface area contributed by atoms with Crippen molar-refractivity contribution in [3.05, 3.63) is 41.7 Å². The van der Waals surface area contributed by atoms with Crippen LogP contribution < -0.4 is 4.74 Å². The van der Waals surface area contributed by atoms with E-state index < -0.39 is 0 Å². The van der Waals surface area contributed by atoms with Crippen molar-refractivity contribution in [2.24, 2.45) is 9.98 Å². The van der Waals surface area contributed by atoms with Crippen LogP contribution in [-0.4, -0.2) is 18.6 Å². The van der Waals surface area contributed by atoms with Crippen LogP contribution in [0.25, 0.3) is 0 Å². The average Bonchev–Trinajstić information content (AvgIpc) is 2.29. The maximum Gasteiger partial charge on any atom is 0.135 e. The Morgan fingerprint density at radius 3 is 3.14 bits per heavy atom. The molecule has 0 bridgehead atoms. The smallest absolute Gasteiger partial charge is 0.135 e. The van der Waals surface area contributed by atoms with E-state index in [1.165, 1.54) is 0 Å². The van der Waals surface area contributed by atoms with E-state index >= 15 is 0 Å². The van der Waals surface area contributed by atoms with Crippen LogP contribution in [0.5, 0.6) is 5.75 Å². The van der Waals surface area contributed by atoms with Gasteiger partial charge in [0.05, 0.1) is 11.3 Å². The second-order valence-corrected chi connectivity index (χ2v) is 3.15. The molecule has 0 saturated heterocycles. The molecule has 0 spiro atoms. The summed E-state index contributed by atoms with van der Waals surface area (Å²) >= 11 is 0. The van der Waals surface area contributed by atoms with Crippen LogP contribution in [0, 0.1) is 0 Å². The highest BCUT2D eigenvalue weighted by molar-refractivity contribution is 6.26. The van der Waals surface area contributed by atoms with Crippen LogP contribution in [0.15, 0.2) is 46.1 Å². The number of ether oxygens (including phenoxy) is 1. The summed E-state index contributed by atoms with van der Waals surface area (Å²) in [5.41, 5.74) is 2.99. The number of benzene rings is 1. The lowest BCUT2D eigenvalue weighted by Gasteiger charge is -2.18. The van der Waals surface area contributed by atoms with Crippen molar-refractivity contribution >= 4 is 11.9 Å². The van der Waals surface area contributed by atoms with Gasteiger partial charge in [0.2, 0.25) is 0 Å². The van der Waals surface area contributed by atoms with Crippen LogP contribution in [0.2, 0.25) is 0 Å². The summed E-state index contributed by atoms with van der Waals surface area (Å²) in [6.45, 7) is 0.515.